The van der Waals surface area contributed by atoms with E-state index in [0.29, 0.717) is 11.7 Å². The van der Waals surface area contributed by atoms with E-state index in [1.807, 2.05) is 19.1 Å². The van der Waals surface area contributed by atoms with Gasteiger partial charge in [-0.2, -0.15) is 0 Å². The van der Waals surface area contributed by atoms with Crippen molar-refractivity contribution in [2.24, 2.45) is 5.92 Å². The molecule has 0 bridgehead atoms. The number of aromatic nitrogens is 2. The fraction of sp³-hybridized carbons (Fsp3) is 0.444. The molecule has 2 atom stereocenters. The van der Waals surface area contributed by atoms with Crippen molar-refractivity contribution in [1.82, 2.24) is 15.1 Å². The largest absolute Gasteiger partial charge is 0.335 e. The predicted molar refractivity (Wildman–Crippen MR) is 101 cm³/mol. The number of hydrogen-bond donors (Lipinski definition) is 2. The van der Waals surface area contributed by atoms with Crippen molar-refractivity contribution in [3.05, 3.63) is 42.1 Å². The Morgan fingerprint density at radius 1 is 1.19 bits per heavy atom. The first-order valence-corrected chi connectivity index (χ1v) is 10.6. The fourth-order valence-electron chi connectivity index (χ4n) is 2.75. The zero-order valence-corrected chi connectivity index (χ0v) is 16.0. The Morgan fingerprint density at radius 2 is 1.85 bits per heavy atom. The van der Waals surface area contributed by atoms with Crippen LogP contribution in [0.3, 0.4) is 0 Å². The third-order valence-electron chi connectivity index (χ3n) is 4.79. The van der Waals surface area contributed by atoms with Gasteiger partial charge in [-0.3, -0.25) is 5.32 Å². The van der Waals surface area contributed by atoms with Crippen molar-refractivity contribution in [2.45, 2.75) is 38.0 Å². The van der Waals surface area contributed by atoms with E-state index in [4.69, 9.17) is 0 Å². The Bertz CT molecular complexity index is 885. The molecule has 1 unspecified atom stereocenters. The van der Waals surface area contributed by atoms with Crippen molar-refractivity contribution >= 4 is 21.7 Å². The molecule has 1 heterocycles. The predicted octanol–water partition coefficient (Wildman–Crippen LogP) is 2.90. The SMILES string of the molecule is CC(c1ccc(-n2ccc(NC(=O)N[C@@H](C)C3CC3)n2)cc1)S(C)(=O)=O. The molecule has 2 N–H and O–H groups in total. The first kappa shape index (κ1) is 18.4. The van der Waals surface area contributed by atoms with E-state index in [-0.39, 0.29) is 12.1 Å². The highest BCUT2D eigenvalue weighted by Gasteiger charge is 2.28. The van der Waals surface area contributed by atoms with Crippen LogP contribution in [0.4, 0.5) is 10.6 Å². The second-order valence-electron chi connectivity index (χ2n) is 6.93. The maximum atomic E-state index is 12.0. The van der Waals surface area contributed by atoms with E-state index >= 15 is 0 Å². The number of sulfone groups is 1. The van der Waals surface area contributed by atoms with E-state index in [1.54, 1.807) is 36.0 Å². The van der Waals surface area contributed by atoms with Gasteiger partial charge in [0.05, 0.1) is 10.9 Å². The zero-order chi connectivity index (χ0) is 18.9. The number of hydrogen-bond acceptors (Lipinski definition) is 4. The van der Waals surface area contributed by atoms with Gasteiger partial charge in [-0.05, 0) is 50.3 Å². The van der Waals surface area contributed by atoms with Crippen LogP contribution in [0.2, 0.25) is 0 Å². The van der Waals surface area contributed by atoms with Crippen molar-refractivity contribution < 1.29 is 13.2 Å². The number of nitrogens with zero attached hydrogens (tertiary/aromatic N) is 2. The maximum absolute atomic E-state index is 12.0. The first-order valence-electron chi connectivity index (χ1n) is 8.66. The van der Waals surface area contributed by atoms with Crippen LogP contribution >= 0.6 is 0 Å². The van der Waals surface area contributed by atoms with E-state index in [1.165, 1.54) is 19.1 Å². The third kappa shape index (κ3) is 4.43. The number of carbonyl (C=O) groups excluding carboxylic acids is 1. The highest BCUT2D eigenvalue weighted by atomic mass is 32.2. The minimum absolute atomic E-state index is 0.168. The Morgan fingerprint density at radius 3 is 2.42 bits per heavy atom. The number of urea groups is 1. The molecular formula is C18H24N4O3S. The molecular weight excluding hydrogens is 352 g/mol. The Balaban J connectivity index is 1.64. The smallest absolute Gasteiger partial charge is 0.320 e. The topological polar surface area (TPSA) is 93.1 Å². The Labute approximate surface area is 153 Å². The third-order valence-corrected chi connectivity index (χ3v) is 6.34. The van der Waals surface area contributed by atoms with Gasteiger partial charge in [0.2, 0.25) is 0 Å². The molecule has 140 valence electrons. The van der Waals surface area contributed by atoms with Crippen molar-refractivity contribution in [3.8, 4) is 5.69 Å². The van der Waals surface area contributed by atoms with Crippen LogP contribution in [-0.4, -0.2) is 36.5 Å². The monoisotopic (exact) mass is 376 g/mol. The van der Waals surface area contributed by atoms with Gasteiger partial charge in [0, 0.05) is 24.6 Å². The van der Waals surface area contributed by atoms with Crippen LogP contribution in [0.15, 0.2) is 36.5 Å². The number of nitrogens with one attached hydrogen (secondary N) is 2. The van der Waals surface area contributed by atoms with Crippen LogP contribution in [0.25, 0.3) is 5.69 Å². The lowest BCUT2D eigenvalue weighted by Crippen LogP contribution is -2.37. The Hall–Kier alpha value is -2.35. The van der Waals surface area contributed by atoms with E-state index in [2.05, 4.69) is 15.7 Å². The lowest BCUT2D eigenvalue weighted by atomic mass is 10.1. The van der Waals surface area contributed by atoms with Crippen molar-refractivity contribution in [2.75, 3.05) is 11.6 Å². The zero-order valence-electron chi connectivity index (χ0n) is 15.1. The summed E-state index contributed by atoms with van der Waals surface area (Å²) in [7, 11) is -3.13. The average molecular weight is 376 g/mol. The molecule has 26 heavy (non-hydrogen) atoms. The fourth-order valence-corrected chi connectivity index (χ4v) is 3.40. The summed E-state index contributed by atoms with van der Waals surface area (Å²) in [6, 6.07) is 8.80. The highest BCUT2D eigenvalue weighted by molar-refractivity contribution is 7.90. The van der Waals surface area contributed by atoms with Gasteiger partial charge in [-0.25, -0.2) is 17.9 Å². The van der Waals surface area contributed by atoms with E-state index < -0.39 is 15.1 Å². The number of rotatable bonds is 6. The summed E-state index contributed by atoms with van der Waals surface area (Å²) in [5, 5.41) is 9.44. The summed E-state index contributed by atoms with van der Waals surface area (Å²) < 4.78 is 24.9. The molecule has 8 heteroatoms. The second kappa shape index (κ2) is 7.11. The number of amides is 2. The molecule has 1 aliphatic rings. The van der Waals surface area contributed by atoms with Gasteiger partial charge >= 0.3 is 6.03 Å². The van der Waals surface area contributed by atoms with Gasteiger partial charge < -0.3 is 5.32 Å². The molecule has 7 nitrogen and oxygen atoms in total. The molecule has 1 aromatic carbocycles. The summed E-state index contributed by atoms with van der Waals surface area (Å²) in [5.41, 5.74) is 1.52. The van der Waals surface area contributed by atoms with Crippen LogP contribution in [-0.2, 0) is 9.84 Å². The molecule has 1 fully saturated rings. The number of carbonyl (C=O) groups is 1. The van der Waals surface area contributed by atoms with E-state index in [0.717, 1.165) is 11.3 Å². The number of benzene rings is 1. The molecule has 2 amide bonds. The first-order chi connectivity index (χ1) is 12.2. The molecule has 1 aromatic heterocycles. The lowest BCUT2D eigenvalue weighted by molar-refractivity contribution is 0.248. The van der Waals surface area contributed by atoms with Crippen LogP contribution in [0.5, 0.6) is 0 Å². The molecule has 1 aliphatic carbocycles. The molecule has 2 aromatic rings. The molecule has 0 aliphatic heterocycles. The Kier molecular flexibility index (Phi) is 5.04. The van der Waals surface area contributed by atoms with Crippen molar-refractivity contribution in [3.63, 3.8) is 0 Å². The van der Waals surface area contributed by atoms with Gasteiger partial charge in [0.1, 0.15) is 0 Å². The highest BCUT2D eigenvalue weighted by Crippen LogP contribution is 2.32. The second-order valence-corrected chi connectivity index (χ2v) is 9.30. The quantitative estimate of drug-likeness (QED) is 0.811. The summed E-state index contributed by atoms with van der Waals surface area (Å²) in [4.78, 5) is 12.0. The van der Waals surface area contributed by atoms with Gasteiger partial charge in [-0.1, -0.05) is 12.1 Å². The summed E-state index contributed by atoms with van der Waals surface area (Å²) in [6.45, 7) is 3.68. The van der Waals surface area contributed by atoms with Crippen LogP contribution in [0.1, 0.15) is 37.5 Å². The standard InChI is InChI=1S/C18H24N4O3S/c1-12(14-4-5-14)19-18(23)20-17-10-11-22(21-17)16-8-6-15(7-9-16)13(2)26(3,24)25/h6-14H,4-5H2,1-3H3,(H2,19,20,21,23)/t12-,13?/m0/s1. The normalized spacial score (nSPS) is 16.7. The lowest BCUT2D eigenvalue weighted by Gasteiger charge is -2.12. The average Bonchev–Trinajstić information content (AvgIpc) is 3.34. The van der Waals surface area contributed by atoms with Crippen LogP contribution < -0.4 is 10.6 Å². The van der Waals surface area contributed by atoms with Crippen molar-refractivity contribution in [1.29, 1.82) is 0 Å². The molecule has 3 rings (SSSR count). The molecule has 0 spiro atoms. The minimum atomic E-state index is -3.13. The van der Waals surface area contributed by atoms with Crippen LogP contribution in [0, 0.1) is 5.92 Å². The van der Waals surface area contributed by atoms with Gasteiger partial charge in [0.25, 0.3) is 0 Å². The summed E-state index contributed by atoms with van der Waals surface area (Å²) in [6.07, 6.45) is 5.31. The van der Waals surface area contributed by atoms with E-state index in [9.17, 15) is 13.2 Å². The molecule has 1 saturated carbocycles. The van der Waals surface area contributed by atoms with Gasteiger partial charge in [0.15, 0.2) is 15.7 Å². The number of anilines is 1. The van der Waals surface area contributed by atoms with Gasteiger partial charge in [-0.15, -0.1) is 5.10 Å². The summed E-state index contributed by atoms with van der Waals surface area (Å²) >= 11 is 0. The molecule has 0 radical (unpaired) electrons. The minimum Gasteiger partial charge on any atom is -0.335 e. The maximum Gasteiger partial charge on any atom is 0.320 e. The summed E-state index contributed by atoms with van der Waals surface area (Å²) in [5.74, 6) is 1.05. The molecule has 0 saturated heterocycles.